The molecule has 0 bridgehead atoms. The van der Waals surface area contributed by atoms with E-state index in [-0.39, 0.29) is 5.92 Å². The lowest BCUT2D eigenvalue weighted by molar-refractivity contribution is -0.137. The molecule has 0 aliphatic rings. The average Bonchev–Trinajstić information content (AvgIpc) is 2.37. The van der Waals surface area contributed by atoms with Crippen molar-refractivity contribution in [3.63, 3.8) is 0 Å². The maximum atomic E-state index is 13.4. The van der Waals surface area contributed by atoms with E-state index in [0.717, 1.165) is 0 Å². The first-order valence-electron chi connectivity index (χ1n) is 5.53. The normalized spacial score (nSPS) is 12.8. The van der Waals surface area contributed by atoms with Gasteiger partial charge in [-0.25, -0.2) is 22.0 Å². The Hall–Kier alpha value is -1.31. The Morgan fingerprint density at radius 3 is 1.75 bits per heavy atom. The molecule has 0 aliphatic carbocycles. The van der Waals surface area contributed by atoms with Gasteiger partial charge in [-0.05, 0) is 5.92 Å². The van der Waals surface area contributed by atoms with E-state index in [9.17, 15) is 26.7 Å². The summed E-state index contributed by atoms with van der Waals surface area (Å²) in [7, 11) is 0. The molecule has 20 heavy (non-hydrogen) atoms. The van der Waals surface area contributed by atoms with E-state index < -0.39 is 51.6 Å². The van der Waals surface area contributed by atoms with E-state index in [1.807, 2.05) is 0 Å². The zero-order chi connectivity index (χ0) is 15.6. The summed E-state index contributed by atoms with van der Waals surface area (Å²) in [5.41, 5.74) is -1.02. The van der Waals surface area contributed by atoms with Gasteiger partial charge >= 0.3 is 5.97 Å². The second-order valence-electron chi connectivity index (χ2n) is 4.36. The first-order valence-corrected chi connectivity index (χ1v) is 6.58. The Morgan fingerprint density at radius 1 is 1.00 bits per heavy atom. The van der Waals surface area contributed by atoms with Gasteiger partial charge in [-0.3, -0.25) is 4.79 Å². The Labute approximate surface area is 116 Å². The summed E-state index contributed by atoms with van der Waals surface area (Å²) in [4.78, 5) is 10.9. The van der Waals surface area contributed by atoms with Crippen LogP contribution in [0.3, 0.4) is 0 Å². The summed E-state index contributed by atoms with van der Waals surface area (Å²) in [5, 5.41) is 7.89. The number of halogens is 5. The van der Waals surface area contributed by atoms with Crippen LogP contribution in [0.1, 0.15) is 19.4 Å². The Morgan fingerprint density at radius 2 is 1.40 bits per heavy atom. The van der Waals surface area contributed by atoms with Crippen molar-refractivity contribution in [1.82, 2.24) is 0 Å². The highest BCUT2D eigenvalue weighted by molar-refractivity contribution is 7.99. The quantitative estimate of drug-likeness (QED) is 0.511. The van der Waals surface area contributed by atoms with Crippen molar-refractivity contribution in [1.29, 1.82) is 0 Å². The van der Waals surface area contributed by atoms with Crippen molar-refractivity contribution in [3.8, 4) is 0 Å². The second-order valence-corrected chi connectivity index (χ2v) is 5.49. The predicted molar refractivity (Wildman–Crippen MR) is 63.8 cm³/mol. The molecule has 1 rings (SSSR count). The van der Waals surface area contributed by atoms with Crippen LogP contribution in [0.5, 0.6) is 0 Å². The molecule has 1 unspecified atom stereocenters. The van der Waals surface area contributed by atoms with E-state index in [1.54, 1.807) is 13.8 Å². The molecule has 2 nitrogen and oxygen atoms in total. The molecular weight excluding hydrogens is 303 g/mol. The summed E-state index contributed by atoms with van der Waals surface area (Å²) < 4.78 is 65.5. The van der Waals surface area contributed by atoms with Crippen molar-refractivity contribution in [2.75, 3.05) is 0 Å². The summed E-state index contributed by atoms with van der Waals surface area (Å²) in [6.45, 7) is 3.15. The molecule has 0 saturated carbocycles. The third kappa shape index (κ3) is 3.23. The number of thioether (sulfide) groups is 1. The Kier molecular flexibility index (Phi) is 5.38. The van der Waals surface area contributed by atoms with Gasteiger partial charge in [0.2, 0.25) is 5.82 Å². The summed E-state index contributed by atoms with van der Waals surface area (Å²) in [6, 6.07) is 0. The highest BCUT2D eigenvalue weighted by Crippen LogP contribution is 2.29. The number of benzene rings is 1. The van der Waals surface area contributed by atoms with E-state index in [1.165, 1.54) is 0 Å². The van der Waals surface area contributed by atoms with Crippen LogP contribution >= 0.6 is 11.8 Å². The number of carboxylic acids is 1. The first kappa shape index (κ1) is 16.7. The molecular formula is C12H11F5O2S. The zero-order valence-electron chi connectivity index (χ0n) is 10.5. The van der Waals surface area contributed by atoms with E-state index >= 15 is 0 Å². The van der Waals surface area contributed by atoms with Crippen molar-refractivity contribution in [3.05, 3.63) is 34.6 Å². The molecule has 1 aromatic rings. The molecule has 112 valence electrons. The molecule has 8 heteroatoms. The van der Waals surface area contributed by atoms with Gasteiger partial charge < -0.3 is 5.11 Å². The molecule has 1 aromatic carbocycles. The van der Waals surface area contributed by atoms with E-state index in [4.69, 9.17) is 5.11 Å². The van der Waals surface area contributed by atoms with Crippen LogP contribution in [-0.2, 0) is 10.5 Å². The van der Waals surface area contributed by atoms with Crippen molar-refractivity contribution >= 4 is 17.7 Å². The predicted octanol–water partition coefficient (Wildman–Crippen LogP) is 3.72. The highest BCUT2D eigenvalue weighted by Gasteiger charge is 2.28. The maximum absolute atomic E-state index is 13.4. The van der Waals surface area contributed by atoms with Crippen LogP contribution in [0.15, 0.2) is 0 Å². The number of hydrogen-bond acceptors (Lipinski definition) is 2. The lowest BCUT2D eigenvalue weighted by Crippen LogP contribution is -2.23. The van der Waals surface area contributed by atoms with E-state index in [0.29, 0.717) is 11.8 Å². The minimum atomic E-state index is -2.23. The SMILES string of the molecule is CC(C)C(SCc1c(F)c(F)c(F)c(F)c1F)C(=O)O. The number of rotatable bonds is 5. The Bertz CT molecular complexity index is 504. The fourth-order valence-corrected chi connectivity index (χ4v) is 2.63. The van der Waals surface area contributed by atoms with Crippen LogP contribution in [0.4, 0.5) is 22.0 Å². The zero-order valence-corrected chi connectivity index (χ0v) is 11.3. The van der Waals surface area contributed by atoms with Gasteiger partial charge in [0.25, 0.3) is 0 Å². The van der Waals surface area contributed by atoms with Gasteiger partial charge in [-0.2, -0.15) is 0 Å². The third-order valence-corrected chi connectivity index (χ3v) is 4.12. The summed E-state index contributed by atoms with van der Waals surface area (Å²) in [6.07, 6.45) is 0. The van der Waals surface area contributed by atoms with Crippen LogP contribution < -0.4 is 0 Å². The fourth-order valence-electron chi connectivity index (χ4n) is 1.50. The molecule has 0 aromatic heterocycles. The average molecular weight is 314 g/mol. The molecule has 1 N–H and O–H groups in total. The third-order valence-electron chi connectivity index (χ3n) is 2.56. The van der Waals surface area contributed by atoms with Crippen LogP contribution in [0.2, 0.25) is 0 Å². The lowest BCUT2D eigenvalue weighted by Gasteiger charge is -2.16. The first-order chi connectivity index (χ1) is 9.18. The largest absolute Gasteiger partial charge is 0.480 e. The van der Waals surface area contributed by atoms with Gasteiger partial charge in [0.05, 0.1) is 0 Å². The minimum Gasteiger partial charge on any atom is -0.480 e. The molecule has 0 amide bonds. The van der Waals surface area contributed by atoms with Crippen molar-refractivity contribution in [2.24, 2.45) is 5.92 Å². The van der Waals surface area contributed by atoms with Crippen LogP contribution in [-0.4, -0.2) is 16.3 Å². The monoisotopic (exact) mass is 314 g/mol. The molecule has 0 aliphatic heterocycles. The molecule has 1 atom stereocenters. The van der Waals surface area contributed by atoms with Crippen LogP contribution in [0, 0.1) is 35.0 Å². The minimum absolute atomic E-state index is 0.362. The van der Waals surface area contributed by atoms with Crippen LogP contribution in [0.25, 0.3) is 0 Å². The maximum Gasteiger partial charge on any atom is 0.316 e. The molecule has 0 saturated heterocycles. The highest BCUT2D eigenvalue weighted by atomic mass is 32.2. The van der Waals surface area contributed by atoms with Gasteiger partial charge in [-0.15, -0.1) is 11.8 Å². The van der Waals surface area contributed by atoms with Crippen molar-refractivity contribution in [2.45, 2.75) is 24.9 Å². The molecule has 0 spiro atoms. The number of hydrogen-bond donors (Lipinski definition) is 1. The van der Waals surface area contributed by atoms with Gasteiger partial charge in [0.15, 0.2) is 23.3 Å². The van der Waals surface area contributed by atoms with Gasteiger partial charge in [0, 0.05) is 11.3 Å². The van der Waals surface area contributed by atoms with Gasteiger partial charge in [-0.1, -0.05) is 13.8 Å². The number of aliphatic carboxylic acids is 1. The molecule has 0 heterocycles. The number of carbonyl (C=O) groups is 1. The fraction of sp³-hybridized carbons (Fsp3) is 0.417. The topological polar surface area (TPSA) is 37.3 Å². The van der Waals surface area contributed by atoms with Crippen molar-refractivity contribution < 1.29 is 31.9 Å². The van der Waals surface area contributed by atoms with Gasteiger partial charge in [0.1, 0.15) is 5.25 Å². The number of carboxylic acid groups (broad SMARTS) is 1. The van der Waals surface area contributed by atoms with E-state index in [2.05, 4.69) is 0 Å². The summed E-state index contributed by atoms with van der Waals surface area (Å²) in [5.74, 6) is -12.4. The standard InChI is InChI=1S/C12H11F5O2S/c1-4(2)11(12(18)19)20-3-5-6(13)8(15)10(17)9(16)7(5)14/h4,11H,3H2,1-2H3,(H,18,19). The Balaban J connectivity index is 3.08. The second kappa shape index (κ2) is 6.43. The summed E-state index contributed by atoms with van der Waals surface area (Å²) >= 11 is 0.607. The molecule has 0 fully saturated rings. The smallest absolute Gasteiger partial charge is 0.316 e. The molecule has 0 radical (unpaired) electrons. The lowest BCUT2D eigenvalue weighted by atomic mass is 10.1.